The molecular formula is C18H32IN5O2S. The second-order valence-corrected chi connectivity index (χ2v) is 8.28. The number of nitrogens with one attached hydrogen (secondary N) is 3. The standard InChI is InChI=1S/C18H31N5O2S.HI/c1-4-19-18(21-14-16-10-8-12-23(16)5-2)20-13-15-9-6-7-11-17(15)22-26(3,24)25;/h6-7,9,11,16,22H,4-5,8,10,12-14H2,1-3H3,(H2,19,20,21);1H. The molecule has 0 radical (unpaired) electrons. The summed E-state index contributed by atoms with van der Waals surface area (Å²) in [5.74, 6) is 0.754. The number of aliphatic imine (C=N–C) groups is 1. The fourth-order valence-corrected chi connectivity index (χ4v) is 3.82. The molecule has 7 nitrogen and oxygen atoms in total. The number of hydrogen-bond donors (Lipinski definition) is 3. The second-order valence-electron chi connectivity index (χ2n) is 6.53. The first-order valence-corrected chi connectivity index (χ1v) is 11.1. The molecule has 0 spiro atoms. The topological polar surface area (TPSA) is 85.8 Å². The Kier molecular flexibility index (Phi) is 10.4. The van der Waals surface area contributed by atoms with E-state index in [1.807, 2.05) is 25.1 Å². The van der Waals surface area contributed by atoms with Gasteiger partial charge in [0, 0.05) is 19.1 Å². The van der Waals surface area contributed by atoms with Crippen LogP contribution in [0.3, 0.4) is 0 Å². The average molecular weight is 509 g/mol. The van der Waals surface area contributed by atoms with Gasteiger partial charge in [0.25, 0.3) is 0 Å². The molecule has 1 aromatic rings. The number of sulfonamides is 1. The molecule has 0 amide bonds. The normalized spacial score (nSPS) is 18.0. The predicted molar refractivity (Wildman–Crippen MR) is 123 cm³/mol. The van der Waals surface area contributed by atoms with Crippen molar-refractivity contribution in [2.75, 3.05) is 37.2 Å². The van der Waals surface area contributed by atoms with E-state index in [4.69, 9.17) is 0 Å². The molecule has 0 saturated carbocycles. The first-order chi connectivity index (χ1) is 12.4. The van der Waals surface area contributed by atoms with Gasteiger partial charge >= 0.3 is 0 Å². The Bertz CT molecular complexity index is 711. The van der Waals surface area contributed by atoms with Gasteiger partial charge in [-0.2, -0.15) is 0 Å². The van der Waals surface area contributed by atoms with E-state index in [0.29, 0.717) is 18.3 Å². The van der Waals surface area contributed by atoms with Crippen LogP contribution in [0.1, 0.15) is 32.3 Å². The van der Waals surface area contributed by atoms with Gasteiger partial charge < -0.3 is 10.6 Å². The highest BCUT2D eigenvalue weighted by atomic mass is 127. The number of hydrogen-bond acceptors (Lipinski definition) is 4. The minimum Gasteiger partial charge on any atom is -0.357 e. The maximum absolute atomic E-state index is 11.5. The Morgan fingerprint density at radius 3 is 2.67 bits per heavy atom. The zero-order chi connectivity index (χ0) is 19.0. The molecule has 1 heterocycles. The molecular weight excluding hydrogens is 477 g/mol. The van der Waals surface area contributed by atoms with Crippen LogP contribution in [0.15, 0.2) is 29.3 Å². The van der Waals surface area contributed by atoms with Crippen molar-refractivity contribution in [2.24, 2.45) is 4.99 Å². The van der Waals surface area contributed by atoms with Crippen LogP contribution in [-0.2, 0) is 16.6 Å². The van der Waals surface area contributed by atoms with E-state index >= 15 is 0 Å². The molecule has 1 aliphatic heterocycles. The number of nitrogens with zero attached hydrogens (tertiary/aromatic N) is 2. The summed E-state index contributed by atoms with van der Waals surface area (Å²) in [7, 11) is -3.31. The van der Waals surface area contributed by atoms with Crippen molar-refractivity contribution in [3.63, 3.8) is 0 Å². The highest BCUT2D eigenvalue weighted by Gasteiger charge is 2.22. The fraction of sp³-hybridized carbons (Fsp3) is 0.611. The summed E-state index contributed by atoms with van der Waals surface area (Å²) in [6, 6.07) is 7.88. The van der Waals surface area contributed by atoms with E-state index in [1.54, 1.807) is 6.07 Å². The zero-order valence-corrected chi connectivity index (χ0v) is 19.5. The van der Waals surface area contributed by atoms with E-state index in [9.17, 15) is 8.42 Å². The van der Waals surface area contributed by atoms with E-state index < -0.39 is 10.0 Å². The molecule has 1 saturated heterocycles. The third kappa shape index (κ3) is 8.22. The Hall–Kier alpha value is -1.07. The summed E-state index contributed by atoms with van der Waals surface area (Å²) in [5, 5.41) is 6.68. The van der Waals surface area contributed by atoms with Crippen molar-refractivity contribution in [3.05, 3.63) is 29.8 Å². The molecule has 1 atom stereocenters. The summed E-state index contributed by atoms with van der Waals surface area (Å²) in [5.41, 5.74) is 1.41. The van der Waals surface area contributed by atoms with Crippen LogP contribution in [0, 0.1) is 0 Å². The van der Waals surface area contributed by atoms with Gasteiger partial charge in [0.2, 0.25) is 10.0 Å². The summed E-state index contributed by atoms with van der Waals surface area (Å²) in [6.45, 7) is 8.51. The first-order valence-electron chi connectivity index (χ1n) is 9.24. The molecule has 1 fully saturated rings. The van der Waals surface area contributed by atoms with Gasteiger partial charge in [-0.05, 0) is 44.5 Å². The predicted octanol–water partition coefficient (Wildman–Crippen LogP) is 2.22. The monoisotopic (exact) mass is 509 g/mol. The van der Waals surface area contributed by atoms with Gasteiger partial charge in [0.05, 0.1) is 18.5 Å². The van der Waals surface area contributed by atoms with E-state index in [2.05, 4.69) is 32.2 Å². The zero-order valence-electron chi connectivity index (χ0n) is 16.4. The Labute approximate surface area is 180 Å². The summed E-state index contributed by atoms with van der Waals surface area (Å²) >= 11 is 0. The van der Waals surface area contributed by atoms with Crippen molar-refractivity contribution in [3.8, 4) is 0 Å². The smallest absolute Gasteiger partial charge is 0.229 e. The lowest BCUT2D eigenvalue weighted by atomic mass is 10.2. The summed E-state index contributed by atoms with van der Waals surface area (Å²) in [6.07, 6.45) is 3.61. The second kappa shape index (κ2) is 11.7. The summed E-state index contributed by atoms with van der Waals surface area (Å²) < 4.78 is 25.6. The number of guanidine groups is 1. The van der Waals surface area contributed by atoms with Crippen molar-refractivity contribution < 1.29 is 8.42 Å². The number of anilines is 1. The van der Waals surface area contributed by atoms with E-state index in [-0.39, 0.29) is 24.0 Å². The van der Waals surface area contributed by atoms with Gasteiger partial charge in [0.1, 0.15) is 0 Å². The Balaban J connectivity index is 0.00000364. The lowest BCUT2D eigenvalue weighted by Gasteiger charge is -2.24. The van der Waals surface area contributed by atoms with Gasteiger partial charge in [-0.3, -0.25) is 9.62 Å². The van der Waals surface area contributed by atoms with Gasteiger partial charge in [-0.1, -0.05) is 25.1 Å². The first kappa shape index (κ1) is 24.0. The van der Waals surface area contributed by atoms with Crippen LogP contribution >= 0.6 is 24.0 Å². The maximum Gasteiger partial charge on any atom is 0.229 e. The van der Waals surface area contributed by atoms with Crippen molar-refractivity contribution in [1.29, 1.82) is 0 Å². The van der Waals surface area contributed by atoms with Gasteiger partial charge in [-0.25, -0.2) is 13.4 Å². The highest BCUT2D eigenvalue weighted by Crippen LogP contribution is 2.17. The molecule has 154 valence electrons. The number of rotatable bonds is 8. The highest BCUT2D eigenvalue weighted by molar-refractivity contribution is 14.0. The maximum atomic E-state index is 11.5. The molecule has 1 aliphatic rings. The number of halogens is 1. The van der Waals surface area contributed by atoms with E-state index in [0.717, 1.165) is 37.4 Å². The molecule has 2 rings (SSSR count). The number of likely N-dealkylation sites (tertiary alicyclic amines) is 1. The largest absolute Gasteiger partial charge is 0.357 e. The third-order valence-corrected chi connectivity index (χ3v) is 5.07. The molecule has 3 N–H and O–H groups in total. The van der Waals surface area contributed by atoms with Crippen molar-refractivity contribution >= 4 is 45.6 Å². The Morgan fingerprint density at radius 2 is 2.00 bits per heavy atom. The molecule has 0 bridgehead atoms. The molecule has 0 aromatic heterocycles. The van der Waals surface area contributed by atoms with Crippen LogP contribution in [-0.4, -0.2) is 57.8 Å². The van der Waals surface area contributed by atoms with Crippen molar-refractivity contribution in [2.45, 2.75) is 39.3 Å². The minimum absolute atomic E-state index is 0. The SMILES string of the molecule is CCNC(=NCc1ccccc1NS(C)(=O)=O)NCC1CCCN1CC.I. The quantitative estimate of drug-likeness (QED) is 0.284. The summed E-state index contributed by atoms with van der Waals surface area (Å²) in [4.78, 5) is 7.12. The molecule has 1 unspecified atom stereocenters. The lowest BCUT2D eigenvalue weighted by molar-refractivity contribution is 0.267. The molecule has 1 aromatic carbocycles. The molecule has 9 heteroatoms. The van der Waals surface area contributed by atoms with Crippen molar-refractivity contribution in [1.82, 2.24) is 15.5 Å². The lowest BCUT2D eigenvalue weighted by Crippen LogP contribution is -2.44. The third-order valence-electron chi connectivity index (χ3n) is 4.47. The number of benzene rings is 1. The van der Waals surface area contributed by atoms with Crippen LogP contribution in [0.2, 0.25) is 0 Å². The number of para-hydroxylation sites is 1. The van der Waals surface area contributed by atoms with Gasteiger partial charge in [-0.15, -0.1) is 24.0 Å². The minimum atomic E-state index is -3.31. The average Bonchev–Trinajstić information content (AvgIpc) is 3.04. The molecule has 27 heavy (non-hydrogen) atoms. The van der Waals surface area contributed by atoms with Gasteiger partial charge in [0.15, 0.2) is 5.96 Å². The fourth-order valence-electron chi connectivity index (χ4n) is 3.22. The van der Waals surface area contributed by atoms with E-state index in [1.165, 1.54) is 19.4 Å². The Morgan fingerprint density at radius 1 is 1.26 bits per heavy atom. The number of likely N-dealkylation sites (N-methyl/N-ethyl adjacent to an activating group) is 1. The van der Waals surface area contributed by atoms with Crippen LogP contribution in [0.25, 0.3) is 0 Å². The van der Waals surface area contributed by atoms with Crippen LogP contribution < -0.4 is 15.4 Å². The van der Waals surface area contributed by atoms with Crippen LogP contribution in [0.4, 0.5) is 5.69 Å². The molecule has 0 aliphatic carbocycles. The van der Waals surface area contributed by atoms with Crippen LogP contribution in [0.5, 0.6) is 0 Å².